The minimum Gasteiger partial charge on any atom is -0.493 e. The van der Waals surface area contributed by atoms with Crippen molar-refractivity contribution < 1.29 is 19.1 Å². The first-order valence-corrected chi connectivity index (χ1v) is 6.61. The topological polar surface area (TPSA) is 72.6 Å². The zero-order chi connectivity index (χ0) is 14.4. The molecule has 2 heterocycles. The number of rotatable bonds is 2. The van der Waals surface area contributed by atoms with Crippen LogP contribution in [-0.4, -0.2) is 22.7 Å². The van der Waals surface area contributed by atoms with Crippen LogP contribution in [0, 0.1) is 0 Å². The second-order valence-electron chi connectivity index (χ2n) is 4.90. The van der Waals surface area contributed by atoms with Gasteiger partial charge in [-0.05, 0) is 35.9 Å². The van der Waals surface area contributed by atoms with Gasteiger partial charge < -0.3 is 14.3 Å². The van der Waals surface area contributed by atoms with E-state index < -0.39 is 5.97 Å². The van der Waals surface area contributed by atoms with Crippen molar-refractivity contribution in [2.75, 3.05) is 6.61 Å². The SMILES string of the molecule is O=C(O)c1cccc2oc(-c3ccc4c(c3)CCO4)nc12. The Bertz CT molecular complexity index is 866. The van der Waals surface area contributed by atoms with Crippen molar-refractivity contribution in [1.82, 2.24) is 4.98 Å². The smallest absolute Gasteiger partial charge is 0.338 e. The first-order valence-electron chi connectivity index (χ1n) is 6.61. The van der Waals surface area contributed by atoms with Gasteiger partial charge >= 0.3 is 5.97 Å². The van der Waals surface area contributed by atoms with E-state index in [2.05, 4.69) is 4.98 Å². The van der Waals surface area contributed by atoms with Gasteiger partial charge in [0.2, 0.25) is 5.89 Å². The van der Waals surface area contributed by atoms with Crippen molar-refractivity contribution in [3.8, 4) is 17.2 Å². The molecule has 1 aromatic heterocycles. The number of benzene rings is 2. The molecule has 1 N–H and O–H groups in total. The molecule has 0 saturated carbocycles. The number of nitrogens with zero attached hydrogens (tertiary/aromatic N) is 1. The summed E-state index contributed by atoms with van der Waals surface area (Å²) in [5, 5.41) is 9.19. The molecule has 1 aliphatic rings. The molecule has 21 heavy (non-hydrogen) atoms. The van der Waals surface area contributed by atoms with Crippen molar-refractivity contribution in [3.63, 3.8) is 0 Å². The zero-order valence-corrected chi connectivity index (χ0v) is 11.0. The van der Waals surface area contributed by atoms with Crippen LogP contribution in [0.2, 0.25) is 0 Å². The number of hydrogen-bond donors (Lipinski definition) is 1. The van der Waals surface area contributed by atoms with E-state index in [4.69, 9.17) is 9.15 Å². The van der Waals surface area contributed by atoms with Gasteiger partial charge in [-0.15, -0.1) is 0 Å². The van der Waals surface area contributed by atoms with Gasteiger partial charge in [-0.3, -0.25) is 0 Å². The van der Waals surface area contributed by atoms with Crippen LogP contribution in [0.4, 0.5) is 0 Å². The van der Waals surface area contributed by atoms with Crippen molar-refractivity contribution in [2.45, 2.75) is 6.42 Å². The minimum atomic E-state index is -1.01. The van der Waals surface area contributed by atoms with Gasteiger partial charge in [0.25, 0.3) is 0 Å². The molecule has 0 fully saturated rings. The minimum absolute atomic E-state index is 0.145. The molecule has 0 spiro atoms. The summed E-state index contributed by atoms with van der Waals surface area (Å²) in [6.45, 7) is 0.690. The molecular formula is C16H11NO4. The summed E-state index contributed by atoms with van der Waals surface area (Å²) in [6.07, 6.45) is 0.865. The van der Waals surface area contributed by atoms with Gasteiger partial charge in [-0.25, -0.2) is 9.78 Å². The molecule has 4 rings (SSSR count). The monoisotopic (exact) mass is 281 g/mol. The molecule has 3 aromatic rings. The van der Waals surface area contributed by atoms with E-state index in [0.717, 1.165) is 23.3 Å². The lowest BCUT2D eigenvalue weighted by Crippen LogP contribution is -1.96. The molecule has 0 unspecified atom stereocenters. The third-order valence-electron chi connectivity index (χ3n) is 3.59. The number of para-hydroxylation sites is 1. The van der Waals surface area contributed by atoms with E-state index in [9.17, 15) is 9.90 Å². The number of aromatic carboxylic acids is 1. The Kier molecular flexibility index (Phi) is 2.47. The summed E-state index contributed by atoms with van der Waals surface area (Å²) in [7, 11) is 0. The maximum atomic E-state index is 11.2. The van der Waals surface area contributed by atoms with E-state index in [1.165, 1.54) is 6.07 Å². The molecule has 0 bridgehead atoms. The van der Waals surface area contributed by atoms with Crippen LogP contribution in [0.25, 0.3) is 22.6 Å². The Morgan fingerprint density at radius 3 is 3.00 bits per heavy atom. The summed E-state index contributed by atoms with van der Waals surface area (Å²) < 4.78 is 11.2. The van der Waals surface area contributed by atoms with Gasteiger partial charge in [0.15, 0.2) is 5.58 Å². The Balaban J connectivity index is 1.87. The third-order valence-corrected chi connectivity index (χ3v) is 3.59. The summed E-state index contributed by atoms with van der Waals surface area (Å²) in [6, 6.07) is 10.6. The van der Waals surface area contributed by atoms with Crippen LogP contribution in [0.5, 0.6) is 5.75 Å². The van der Waals surface area contributed by atoms with E-state index in [-0.39, 0.29) is 5.56 Å². The molecule has 0 saturated heterocycles. The van der Waals surface area contributed by atoms with Crippen LogP contribution >= 0.6 is 0 Å². The van der Waals surface area contributed by atoms with E-state index in [1.807, 2.05) is 18.2 Å². The van der Waals surface area contributed by atoms with Crippen molar-refractivity contribution in [3.05, 3.63) is 47.5 Å². The molecule has 0 aliphatic carbocycles. The first kappa shape index (κ1) is 12.0. The number of carboxylic acid groups (broad SMARTS) is 1. The molecule has 104 valence electrons. The highest BCUT2D eigenvalue weighted by Gasteiger charge is 2.18. The molecule has 2 aromatic carbocycles. The number of fused-ring (bicyclic) bond motifs is 2. The van der Waals surface area contributed by atoms with Gasteiger partial charge in [0.05, 0.1) is 12.2 Å². The highest BCUT2D eigenvalue weighted by atomic mass is 16.5. The molecule has 1 aliphatic heterocycles. The van der Waals surface area contributed by atoms with Crippen molar-refractivity contribution in [1.29, 1.82) is 0 Å². The number of hydrogen-bond acceptors (Lipinski definition) is 4. The van der Waals surface area contributed by atoms with E-state index >= 15 is 0 Å². The first-order chi connectivity index (χ1) is 10.2. The molecular weight excluding hydrogens is 270 g/mol. The Labute approximate surface area is 119 Å². The van der Waals surface area contributed by atoms with Crippen LogP contribution in [-0.2, 0) is 6.42 Å². The van der Waals surface area contributed by atoms with Gasteiger partial charge in [0, 0.05) is 12.0 Å². The lowest BCUT2D eigenvalue weighted by Gasteiger charge is -2.00. The van der Waals surface area contributed by atoms with Crippen molar-refractivity contribution in [2.24, 2.45) is 0 Å². The van der Waals surface area contributed by atoms with Crippen LogP contribution in [0.15, 0.2) is 40.8 Å². The highest BCUT2D eigenvalue weighted by molar-refractivity contribution is 6.00. The standard InChI is InChI=1S/C16H11NO4/c18-16(19)11-2-1-3-13-14(11)17-15(21-13)10-4-5-12-9(8-10)6-7-20-12/h1-5,8H,6-7H2,(H,18,19). The largest absolute Gasteiger partial charge is 0.493 e. The number of carbonyl (C=O) groups is 1. The van der Waals surface area contributed by atoms with Crippen molar-refractivity contribution >= 4 is 17.1 Å². The Morgan fingerprint density at radius 1 is 1.24 bits per heavy atom. The van der Waals surface area contributed by atoms with Gasteiger partial charge in [0.1, 0.15) is 11.3 Å². The zero-order valence-electron chi connectivity index (χ0n) is 11.0. The van der Waals surface area contributed by atoms with Gasteiger partial charge in [-0.2, -0.15) is 0 Å². The number of oxazole rings is 1. The molecule has 5 nitrogen and oxygen atoms in total. The van der Waals surface area contributed by atoms with Crippen LogP contribution < -0.4 is 4.74 Å². The van der Waals surface area contributed by atoms with E-state index in [1.54, 1.807) is 12.1 Å². The predicted molar refractivity (Wildman–Crippen MR) is 75.6 cm³/mol. The maximum Gasteiger partial charge on any atom is 0.338 e. The summed E-state index contributed by atoms with van der Waals surface area (Å²) in [5.74, 6) is 0.303. The summed E-state index contributed by atoms with van der Waals surface area (Å²) in [5.41, 5.74) is 2.94. The number of ether oxygens (including phenoxy) is 1. The fourth-order valence-corrected chi connectivity index (χ4v) is 2.56. The molecule has 0 amide bonds. The van der Waals surface area contributed by atoms with Crippen LogP contribution in [0.1, 0.15) is 15.9 Å². The Hall–Kier alpha value is -2.82. The average molecular weight is 281 g/mol. The quantitative estimate of drug-likeness (QED) is 0.781. The molecule has 5 heteroatoms. The average Bonchev–Trinajstić information content (AvgIpc) is 3.11. The summed E-state index contributed by atoms with van der Waals surface area (Å²) >= 11 is 0. The number of carboxylic acids is 1. The van der Waals surface area contributed by atoms with Gasteiger partial charge in [-0.1, -0.05) is 6.07 Å². The number of aromatic nitrogens is 1. The fraction of sp³-hybridized carbons (Fsp3) is 0.125. The fourth-order valence-electron chi connectivity index (χ4n) is 2.56. The second kappa shape index (κ2) is 4.34. The molecule has 0 radical (unpaired) electrons. The van der Waals surface area contributed by atoms with E-state index in [0.29, 0.717) is 23.6 Å². The summed E-state index contributed by atoms with van der Waals surface area (Å²) in [4.78, 5) is 15.6. The Morgan fingerprint density at radius 2 is 2.14 bits per heavy atom. The lowest BCUT2D eigenvalue weighted by molar-refractivity contribution is 0.0699. The highest BCUT2D eigenvalue weighted by Crippen LogP contribution is 2.32. The maximum absolute atomic E-state index is 11.2. The predicted octanol–water partition coefficient (Wildman–Crippen LogP) is 3.13. The normalized spacial score (nSPS) is 13.1. The lowest BCUT2D eigenvalue weighted by atomic mass is 10.1. The third kappa shape index (κ3) is 1.86. The molecule has 0 atom stereocenters. The van der Waals surface area contributed by atoms with Crippen LogP contribution in [0.3, 0.4) is 0 Å². The second-order valence-corrected chi connectivity index (χ2v) is 4.90.